The number of thioether (sulfide) groups is 1. The van der Waals surface area contributed by atoms with Gasteiger partial charge in [-0.05, 0) is 13.3 Å². The first-order valence-electron chi connectivity index (χ1n) is 5.35. The second kappa shape index (κ2) is 4.21. The van der Waals surface area contributed by atoms with Crippen molar-refractivity contribution in [3.63, 3.8) is 0 Å². The molecule has 0 spiro atoms. The smallest absolute Gasteiger partial charge is 0.330 e. The normalized spacial score (nSPS) is 31.5. The minimum absolute atomic E-state index is 0.0291. The number of nitrogens with two attached hydrogens (primary N) is 1. The number of ether oxygens (including phenoxy) is 1. The predicted molar refractivity (Wildman–Crippen MR) is 60.9 cm³/mol. The van der Waals surface area contributed by atoms with Gasteiger partial charge < -0.3 is 15.4 Å². The predicted octanol–water partition coefficient (Wildman–Crippen LogP) is -0.531. The number of esters is 1. The Hall–Kier alpha value is -1.24. The zero-order chi connectivity index (χ0) is 12.6. The molecule has 7 heteroatoms. The molecular formula is C10H14N2O4S. The van der Waals surface area contributed by atoms with Gasteiger partial charge in [-0.25, -0.2) is 4.79 Å². The third kappa shape index (κ3) is 2.11. The average molecular weight is 258 g/mol. The molecule has 2 amide bonds. The van der Waals surface area contributed by atoms with E-state index < -0.39 is 24.5 Å². The van der Waals surface area contributed by atoms with Gasteiger partial charge in [0.25, 0.3) is 5.91 Å². The minimum atomic E-state index is -0.695. The molecule has 0 saturated carbocycles. The largest absolute Gasteiger partial charge is 0.454 e. The van der Waals surface area contributed by atoms with E-state index in [0.29, 0.717) is 12.2 Å². The van der Waals surface area contributed by atoms with Gasteiger partial charge in [0, 0.05) is 12.2 Å². The van der Waals surface area contributed by atoms with Gasteiger partial charge in [0.15, 0.2) is 6.61 Å². The molecule has 2 fully saturated rings. The van der Waals surface area contributed by atoms with E-state index in [-0.39, 0.29) is 10.8 Å². The molecule has 0 bridgehead atoms. The van der Waals surface area contributed by atoms with Gasteiger partial charge in [0.1, 0.15) is 6.04 Å². The second-order valence-electron chi connectivity index (χ2n) is 4.34. The quantitative estimate of drug-likeness (QED) is 0.687. The number of nitrogens with zero attached hydrogens (tertiary/aromatic N) is 1. The fourth-order valence-electron chi connectivity index (χ4n) is 2.23. The minimum Gasteiger partial charge on any atom is -0.454 e. The van der Waals surface area contributed by atoms with Crippen LogP contribution in [0.5, 0.6) is 0 Å². The Morgan fingerprint density at radius 2 is 2.35 bits per heavy atom. The van der Waals surface area contributed by atoms with E-state index in [1.54, 1.807) is 16.7 Å². The zero-order valence-corrected chi connectivity index (χ0v) is 10.3. The molecule has 2 aliphatic heterocycles. The van der Waals surface area contributed by atoms with E-state index in [9.17, 15) is 14.4 Å². The first-order chi connectivity index (χ1) is 7.94. The van der Waals surface area contributed by atoms with Crippen LogP contribution in [0.15, 0.2) is 0 Å². The summed E-state index contributed by atoms with van der Waals surface area (Å²) in [5.41, 5.74) is 4.90. The number of carbonyl (C=O) groups is 3. The van der Waals surface area contributed by atoms with Crippen molar-refractivity contribution in [3.05, 3.63) is 0 Å². The van der Waals surface area contributed by atoms with Crippen molar-refractivity contribution in [1.82, 2.24) is 4.90 Å². The molecule has 2 heterocycles. The summed E-state index contributed by atoms with van der Waals surface area (Å²) in [6.45, 7) is 1.52. The van der Waals surface area contributed by atoms with Crippen molar-refractivity contribution in [2.45, 2.75) is 30.7 Å². The third-order valence-electron chi connectivity index (χ3n) is 3.07. The van der Waals surface area contributed by atoms with Crippen molar-refractivity contribution in [1.29, 1.82) is 0 Å². The van der Waals surface area contributed by atoms with Gasteiger partial charge >= 0.3 is 5.97 Å². The van der Waals surface area contributed by atoms with Crippen molar-refractivity contribution < 1.29 is 19.1 Å². The molecule has 0 aromatic carbocycles. The number of rotatable bonds is 3. The van der Waals surface area contributed by atoms with E-state index >= 15 is 0 Å². The topological polar surface area (TPSA) is 89.7 Å². The second-order valence-corrected chi connectivity index (χ2v) is 5.84. The van der Waals surface area contributed by atoms with Crippen LogP contribution in [0.2, 0.25) is 0 Å². The van der Waals surface area contributed by atoms with Gasteiger partial charge in [-0.3, -0.25) is 9.59 Å². The number of amides is 2. The molecule has 2 N–H and O–H groups in total. The molecule has 6 nitrogen and oxygen atoms in total. The van der Waals surface area contributed by atoms with Crippen LogP contribution in [-0.4, -0.2) is 46.0 Å². The highest BCUT2D eigenvalue weighted by atomic mass is 32.2. The first-order valence-corrected chi connectivity index (χ1v) is 6.34. The van der Waals surface area contributed by atoms with Crippen molar-refractivity contribution in [2.24, 2.45) is 5.73 Å². The Balaban J connectivity index is 2.05. The molecule has 17 heavy (non-hydrogen) atoms. The highest BCUT2D eigenvalue weighted by Crippen LogP contribution is 2.47. The van der Waals surface area contributed by atoms with Crippen LogP contribution in [-0.2, 0) is 19.1 Å². The van der Waals surface area contributed by atoms with E-state index in [2.05, 4.69) is 0 Å². The van der Waals surface area contributed by atoms with Gasteiger partial charge in [0.2, 0.25) is 5.91 Å². The van der Waals surface area contributed by atoms with Crippen molar-refractivity contribution in [2.75, 3.05) is 12.4 Å². The monoisotopic (exact) mass is 258 g/mol. The number of primary amides is 1. The van der Waals surface area contributed by atoms with Crippen LogP contribution in [0.3, 0.4) is 0 Å². The molecule has 2 aliphatic rings. The maximum absolute atomic E-state index is 11.7. The van der Waals surface area contributed by atoms with Crippen LogP contribution in [0, 0.1) is 0 Å². The summed E-state index contributed by atoms with van der Waals surface area (Å²) in [5, 5.41) is 0. The summed E-state index contributed by atoms with van der Waals surface area (Å²) in [6, 6.07) is -0.584. The summed E-state index contributed by atoms with van der Waals surface area (Å²) >= 11 is 1.58. The van der Waals surface area contributed by atoms with E-state index in [4.69, 9.17) is 10.5 Å². The highest BCUT2D eigenvalue weighted by molar-refractivity contribution is 8.01. The van der Waals surface area contributed by atoms with Gasteiger partial charge in [-0.2, -0.15) is 0 Å². The maximum atomic E-state index is 11.7. The highest BCUT2D eigenvalue weighted by Gasteiger charge is 2.53. The molecule has 0 unspecified atom stereocenters. The van der Waals surface area contributed by atoms with Crippen LogP contribution in [0.1, 0.15) is 19.8 Å². The molecule has 0 radical (unpaired) electrons. The van der Waals surface area contributed by atoms with Crippen LogP contribution >= 0.6 is 11.8 Å². The van der Waals surface area contributed by atoms with E-state index in [1.807, 2.05) is 6.92 Å². The van der Waals surface area contributed by atoms with Crippen LogP contribution in [0.25, 0.3) is 0 Å². The molecule has 0 aromatic rings. The summed E-state index contributed by atoms with van der Waals surface area (Å²) in [5.74, 6) is -0.756. The fraction of sp³-hybridized carbons (Fsp3) is 0.700. The lowest BCUT2D eigenvalue weighted by Gasteiger charge is -2.29. The van der Waals surface area contributed by atoms with E-state index in [1.165, 1.54) is 0 Å². The number of carbonyl (C=O) groups excluding carboxylic acids is 3. The summed E-state index contributed by atoms with van der Waals surface area (Å²) in [7, 11) is 0. The first kappa shape index (κ1) is 12.2. The number of hydrogen-bond donors (Lipinski definition) is 1. The lowest BCUT2D eigenvalue weighted by molar-refractivity contribution is -0.155. The molecule has 0 aromatic heterocycles. The van der Waals surface area contributed by atoms with Gasteiger partial charge in [0.05, 0.1) is 4.87 Å². The molecular weight excluding hydrogens is 244 g/mol. The van der Waals surface area contributed by atoms with Crippen molar-refractivity contribution in [3.8, 4) is 0 Å². The lowest BCUT2D eigenvalue weighted by atomic mass is 10.2. The van der Waals surface area contributed by atoms with E-state index in [0.717, 1.165) is 6.42 Å². The maximum Gasteiger partial charge on any atom is 0.330 e. The molecule has 0 aliphatic carbocycles. The zero-order valence-electron chi connectivity index (χ0n) is 9.47. The summed E-state index contributed by atoms with van der Waals surface area (Å²) < 4.78 is 4.77. The Morgan fingerprint density at radius 3 is 3.00 bits per heavy atom. The Bertz CT molecular complexity index is 387. The molecule has 2 atom stereocenters. The third-order valence-corrected chi connectivity index (χ3v) is 4.58. The lowest BCUT2D eigenvalue weighted by Crippen LogP contribution is -2.47. The van der Waals surface area contributed by atoms with Crippen LogP contribution in [0.4, 0.5) is 0 Å². The SMILES string of the molecule is C[C@@]12CCC(=O)N1[C@@H](C(=O)OCC(N)=O)CS2. The average Bonchev–Trinajstić information content (AvgIpc) is 2.73. The Labute approximate surface area is 103 Å². The van der Waals surface area contributed by atoms with Gasteiger partial charge in [-0.15, -0.1) is 11.8 Å². The Kier molecular flexibility index (Phi) is 3.03. The Morgan fingerprint density at radius 1 is 1.65 bits per heavy atom. The number of fused-ring (bicyclic) bond motifs is 1. The van der Waals surface area contributed by atoms with Crippen molar-refractivity contribution >= 4 is 29.5 Å². The van der Waals surface area contributed by atoms with Gasteiger partial charge in [-0.1, -0.05) is 0 Å². The van der Waals surface area contributed by atoms with Crippen LogP contribution < -0.4 is 5.73 Å². The summed E-state index contributed by atoms with van der Waals surface area (Å²) in [4.78, 5) is 35.3. The molecule has 94 valence electrons. The molecule has 2 rings (SSSR count). The standard InChI is InChI=1S/C10H14N2O4S/c1-10-3-2-8(14)12(10)6(5-17-10)9(15)16-4-7(11)13/h6H,2-5H2,1H3,(H2,11,13)/t6-,10-/m1/s1. The summed E-state index contributed by atoms with van der Waals surface area (Å²) in [6.07, 6.45) is 1.21. The molecule has 2 saturated heterocycles. The number of hydrogen-bond acceptors (Lipinski definition) is 5. The fourth-order valence-corrected chi connectivity index (χ4v) is 3.65.